The first kappa shape index (κ1) is 20.6. The van der Waals surface area contributed by atoms with Crippen LogP contribution in [-0.2, 0) is 22.6 Å². The van der Waals surface area contributed by atoms with E-state index in [1.165, 1.54) is 5.56 Å². The lowest BCUT2D eigenvalue weighted by molar-refractivity contribution is -0.129. The molecule has 2 amide bonds. The summed E-state index contributed by atoms with van der Waals surface area (Å²) in [6.07, 6.45) is 4.63. The van der Waals surface area contributed by atoms with Crippen molar-refractivity contribution in [2.45, 2.75) is 38.6 Å². The molecule has 0 radical (unpaired) electrons. The van der Waals surface area contributed by atoms with Crippen LogP contribution in [0.5, 0.6) is 0 Å². The summed E-state index contributed by atoms with van der Waals surface area (Å²) in [5, 5.41) is 3.07. The summed E-state index contributed by atoms with van der Waals surface area (Å²) in [4.78, 5) is 29.4. The molecule has 0 unspecified atom stereocenters. The molecule has 2 aromatic carbocycles. The Bertz CT molecular complexity index is 844. The number of hydrogen-bond acceptors (Lipinski definition) is 3. The fraction of sp³-hybridized carbons (Fsp3) is 0.440. The largest absolute Gasteiger partial charge is 0.342 e. The third-order valence-electron chi connectivity index (χ3n) is 6.16. The van der Waals surface area contributed by atoms with Gasteiger partial charge in [-0.25, -0.2) is 0 Å². The van der Waals surface area contributed by atoms with Crippen LogP contribution in [0, 0.1) is 5.92 Å². The Hall–Kier alpha value is -2.66. The third-order valence-corrected chi connectivity index (χ3v) is 6.16. The topological polar surface area (TPSA) is 52.7 Å². The molecule has 2 aliphatic rings. The molecule has 158 valence electrons. The number of hydrogen-bond donors (Lipinski definition) is 1. The van der Waals surface area contributed by atoms with E-state index in [4.69, 9.17) is 0 Å². The number of likely N-dealkylation sites (tertiary alicyclic amines) is 2. The zero-order chi connectivity index (χ0) is 20.8. The minimum absolute atomic E-state index is 0.0129. The van der Waals surface area contributed by atoms with Crippen LogP contribution < -0.4 is 5.32 Å². The van der Waals surface area contributed by atoms with Gasteiger partial charge in [0.25, 0.3) is 0 Å². The SMILES string of the molecule is O=C(Nc1ccc(CC(=O)N2CCCC2)cc1)[C@@H]1CCCN(Cc2ccccc2)C1. The van der Waals surface area contributed by atoms with Crippen molar-refractivity contribution >= 4 is 17.5 Å². The lowest BCUT2D eigenvalue weighted by Gasteiger charge is -2.32. The van der Waals surface area contributed by atoms with E-state index in [0.29, 0.717) is 6.42 Å². The fourth-order valence-electron chi connectivity index (χ4n) is 4.46. The smallest absolute Gasteiger partial charge is 0.228 e. The Morgan fingerprint density at radius 3 is 2.33 bits per heavy atom. The summed E-state index contributed by atoms with van der Waals surface area (Å²) in [5.74, 6) is 0.303. The molecule has 4 rings (SSSR count). The second-order valence-corrected chi connectivity index (χ2v) is 8.51. The average molecular weight is 406 g/mol. The molecular weight excluding hydrogens is 374 g/mol. The van der Waals surface area contributed by atoms with E-state index in [1.54, 1.807) is 0 Å². The van der Waals surface area contributed by atoms with Gasteiger partial charge in [-0.1, -0.05) is 42.5 Å². The number of nitrogens with one attached hydrogen (secondary N) is 1. The molecule has 30 heavy (non-hydrogen) atoms. The quantitative estimate of drug-likeness (QED) is 0.797. The van der Waals surface area contributed by atoms with Gasteiger partial charge in [0.15, 0.2) is 0 Å². The minimum atomic E-state index is 0.0129. The van der Waals surface area contributed by atoms with Crippen LogP contribution in [0.1, 0.15) is 36.8 Å². The van der Waals surface area contributed by atoms with Gasteiger partial charge in [0.05, 0.1) is 12.3 Å². The first-order valence-corrected chi connectivity index (χ1v) is 11.1. The van der Waals surface area contributed by atoms with E-state index < -0.39 is 0 Å². The van der Waals surface area contributed by atoms with Crippen LogP contribution >= 0.6 is 0 Å². The van der Waals surface area contributed by atoms with Crippen LogP contribution in [-0.4, -0.2) is 47.8 Å². The van der Waals surface area contributed by atoms with E-state index in [1.807, 2.05) is 35.2 Å². The maximum absolute atomic E-state index is 12.8. The summed E-state index contributed by atoms with van der Waals surface area (Å²) in [5.41, 5.74) is 3.09. The molecule has 0 aliphatic carbocycles. The van der Waals surface area contributed by atoms with E-state index >= 15 is 0 Å². The molecule has 0 bridgehead atoms. The van der Waals surface area contributed by atoms with Crippen LogP contribution in [0.15, 0.2) is 54.6 Å². The molecule has 2 heterocycles. The number of amides is 2. The van der Waals surface area contributed by atoms with Crippen molar-refractivity contribution in [3.63, 3.8) is 0 Å². The maximum atomic E-state index is 12.8. The molecule has 2 aliphatic heterocycles. The average Bonchev–Trinajstić information content (AvgIpc) is 3.31. The zero-order valence-electron chi connectivity index (χ0n) is 17.6. The summed E-state index contributed by atoms with van der Waals surface area (Å²) in [6.45, 7) is 4.50. The van der Waals surface area contributed by atoms with Gasteiger partial charge in [0.2, 0.25) is 11.8 Å². The lowest BCUT2D eigenvalue weighted by Crippen LogP contribution is -2.40. The molecule has 5 nitrogen and oxygen atoms in total. The van der Waals surface area contributed by atoms with Crippen molar-refractivity contribution in [1.82, 2.24) is 9.80 Å². The van der Waals surface area contributed by atoms with Gasteiger partial charge in [0, 0.05) is 31.9 Å². The lowest BCUT2D eigenvalue weighted by atomic mass is 9.96. The Morgan fingerprint density at radius 2 is 1.60 bits per heavy atom. The predicted octanol–water partition coefficient (Wildman–Crippen LogP) is 3.70. The van der Waals surface area contributed by atoms with E-state index in [9.17, 15) is 9.59 Å². The normalized spacial score (nSPS) is 19.6. The van der Waals surface area contributed by atoms with Crippen LogP contribution in [0.25, 0.3) is 0 Å². The molecule has 1 atom stereocenters. The minimum Gasteiger partial charge on any atom is -0.342 e. The first-order valence-electron chi connectivity index (χ1n) is 11.1. The number of rotatable bonds is 6. The molecule has 0 saturated carbocycles. The van der Waals surface area contributed by atoms with E-state index in [-0.39, 0.29) is 17.7 Å². The molecule has 2 saturated heterocycles. The molecule has 2 fully saturated rings. The Kier molecular flexibility index (Phi) is 6.80. The summed E-state index contributed by atoms with van der Waals surface area (Å²) >= 11 is 0. The first-order chi connectivity index (χ1) is 14.7. The second-order valence-electron chi connectivity index (χ2n) is 8.51. The van der Waals surface area contributed by atoms with Crippen molar-refractivity contribution in [3.05, 3.63) is 65.7 Å². The molecule has 0 aromatic heterocycles. The molecule has 5 heteroatoms. The Labute approximate surface area is 179 Å². The number of piperidine rings is 1. The Balaban J connectivity index is 1.28. The van der Waals surface area contributed by atoms with Crippen molar-refractivity contribution in [3.8, 4) is 0 Å². The van der Waals surface area contributed by atoms with Crippen molar-refractivity contribution in [2.75, 3.05) is 31.5 Å². The summed E-state index contributed by atoms with van der Waals surface area (Å²) in [7, 11) is 0. The molecular formula is C25H31N3O2. The summed E-state index contributed by atoms with van der Waals surface area (Å²) in [6, 6.07) is 18.2. The van der Waals surface area contributed by atoms with E-state index in [0.717, 1.165) is 69.7 Å². The standard InChI is InChI=1S/C25H31N3O2/c29-24(28-15-4-5-16-28)17-20-10-12-23(13-11-20)26-25(30)22-9-6-14-27(19-22)18-21-7-2-1-3-8-21/h1-3,7-8,10-13,22H,4-6,9,14-19H2,(H,26,30)/t22-/m1/s1. The van der Waals surface area contributed by atoms with Crippen molar-refractivity contribution < 1.29 is 9.59 Å². The van der Waals surface area contributed by atoms with Gasteiger partial charge in [0.1, 0.15) is 0 Å². The molecule has 2 aromatic rings. The highest BCUT2D eigenvalue weighted by Crippen LogP contribution is 2.21. The van der Waals surface area contributed by atoms with Gasteiger partial charge < -0.3 is 10.2 Å². The highest BCUT2D eigenvalue weighted by molar-refractivity contribution is 5.92. The van der Waals surface area contributed by atoms with Crippen LogP contribution in [0.3, 0.4) is 0 Å². The van der Waals surface area contributed by atoms with Gasteiger partial charge in [-0.05, 0) is 55.5 Å². The number of nitrogens with zero attached hydrogens (tertiary/aromatic N) is 2. The van der Waals surface area contributed by atoms with Crippen LogP contribution in [0.4, 0.5) is 5.69 Å². The number of carbonyl (C=O) groups excluding carboxylic acids is 2. The molecule has 1 N–H and O–H groups in total. The monoisotopic (exact) mass is 405 g/mol. The fourth-order valence-corrected chi connectivity index (χ4v) is 4.46. The third kappa shape index (κ3) is 5.48. The van der Waals surface area contributed by atoms with Gasteiger partial charge in [-0.3, -0.25) is 14.5 Å². The number of anilines is 1. The van der Waals surface area contributed by atoms with Gasteiger partial charge in [-0.2, -0.15) is 0 Å². The Morgan fingerprint density at radius 1 is 0.867 bits per heavy atom. The predicted molar refractivity (Wildman–Crippen MR) is 119 cm³/mol. The molecule has 0 spiro atoms. The van der Waals surface area contributed by atoms with Gasteiger partial charge in [-0.15, -0.1) is 0 Å². The van der Waals surface area contributed by atoms with Gasteiger partial charge >= 0.3 is 0 Å². The van der Waals surface area contributed by atoms with E-state index in [2.05, 4.69) is 34.5 Å². The second kappa shape index (κ2) is 9.90. The van der Waals surface area contributed by atoms with Crippen molar-refractivity contribution in [1.29, 1.82) is 0 Å². The van der Waals surface area contributed by atoms with Crippen molar-refractivity contribution in [2.24, 2.45) is 5.92 Å². The summed E-state index contributed by atoms with van der Waals surface area (Å²) < 4.78 is 0. The number of benzene rings is 2. The van der Waals surface area contributed by atoms with Crippen LogP contribution in [0.2, 0.25) is 0 Å². The maximum Gasteiger partial charge on any atom is 0.228 e. The zero-order valence-corrected chi connectivity index (χ0v) is 17.6. The number of carbonyl (C=O) groups is 2. The highest BCUT2D eigenvalue weighted by atomic mass is 16.2. The highest BCUT2D eigenvalue weighted by Gasteiger charge is 2.26.